The van der Waals surface area contributed by atoms with E-state index < -0.39 is 0 Å². The number of rotatable bonds is 9. The van der Waals surface area contributed by atoms with Gasteiger partial charge in [-0.15, -0.1) is 11.3 Å². The molecule has 2 fully saturated rings. The average Bonchev–Trinajstić information content (AvgIpc) is 3.61. The van der Waals surface area contributed by atoms with E-state index in [1.165, 1.54) is 24.8 Å². The van der Waals surface area contributed by atoms with Crippen LogP contribution in [-0.2, 0) is 11.3 Å². The zero-order valence-electron chi connectivity index (χ0n) is 21.5. The Labute approximate surface area is 243 Å². The van der Waals surface area contributed by atoms with Crippen LogP contribution in [0.2, 0.25) is 10.0 Å². The van der Waals surface area contributed by atoms with E-state index in [0.29, 0.717) is 16.1 Å². The quantitative estimate of drug-likeness (QED) is 0.268. The number of hydrogen-bond acceptors (Lipinski definition) is 7. The highest BCUT2D eigenvalue weighted by Crippen LogP contribution is 2.35. The molecule has 10 heteroatoms. The Morgan fingerprint density at radius 3 is 2.76 bits per heavy atom. The summed E-state index contributed by atoms with van der Waals surface area (Å²) >= 11 is 15.3. The molecule has 0 bridgehead atoms. The molecule has 0 spiro atoms. The summed E-state index contributed by atoms with van der Waals surface area (Å²) < 4.78 is 2.81. The second-order valence-electron chi connectivity index (χ2n) is 9.95. The Balaban J connectivity index is 1.17. The van der Waals surface area contributed by atoms with Gasteiger partial charge in [0.1, 0.15) is 0 Å². The summed E-state index contributed by atoms with van der Waals surface area (Å²) in [4.78, 5) is 19.9. The fraction of sp³-hybridized carbons (Fsp3) is 0.429. The molecule has 0 aliphatic carbocycles. The number of hydrogen-bond donors (Lipinski definition) is 2. The number of aromatic nitrogens is 1. The van der Waals surface area contributed by atoms with Gasteiger partial charge in [-0.2, -0.15) is 0 Å². The topological polar surface area (TPSA) is 60.5 Å². The van der Waals surface area contributed by atoms with E-state index in [4.69, 9.17) is 28.2 Å². The number of benzene rings is 2. The molecule has 3 aromatic rings. The lowest BCUT2D eigenvalue weighted by Crippen LogP contribution is -2.43. The fourth-order valence-electron chi connectivity index (χ4n) is 5.08. The predicted molar refractivity (Wildman–Crippen MR) is 160 cm³/mol. The molecule has 38 heavy (non-hydrogen) atoms. The number of piperidine rings is 1. The Hall–Kier alpha value is -1.81. The number of likely N-dealkylation sites (tertiary alicyclic amines) is 1. The van der Waals surface area contributed by atoms with E-state index in [-0.39, 0.29) is 11.9 Å². The molecule has 5 rings (SSSR count). The predicted octanol–water partition coefficient (Wildman–Crippen LogP) is 6.80. The molecule has 3 heterocycles. The van der Waals surface area contributed by atoms with Crippen LogP contribution < -0.4 is 10.6 Å². The molecule has 6 nitrogen and oxygen atoms in total. The summed E-state index contributed by atoms with van der Waals surface area (Å²) in [5.74, 6) is 0.0707. The standard InChI is InChI=1S/C28H33Cl2N5OS2/c1-19(36)35(24-9-12-34(13-10-24)17-20-7-8-25(29)26(30)14-20)38-28-33-27(18-37-28)21-4-2-5-22(15-21)32-16-23-6-3-11-31-23/h2,4-5,7-8,14-15,18,23-24,31-32H,3,6,9-13,16-17H2,1H3/t23-/m0/s1. The number of thiazole rings is 1. The summed E-state index contributed by atoms with van der Waals surface area (Å²) in [6.07, 6.45) is 4.33. The summed E-state index contributed by atoms with van der Waals surface area (Å²) in [5, 5.41) is 10.3. The minimum absolute atomic E-state index is 0.0707. The second-order valence-corrected chi connectivity index (χ2v) is 12.8. The van der Waals surface area contributed by atoms with Crippen molar-refractivity contribution in [2.75, 3.05) is 31.5 Å². The van der Waals surface area contributed by atoms with Gasteiger partial charge in [0.05, 0.1) is 15.7 Å². The zero-order valence-corrected chi connectivity index (χ0v) is 24.6. The molecule has 2 aliphatic rings. The number of amides is 1. The van der Waals surface area contributed by atoms with E-state index in [1.807, 2.05) is 22.5 Å². The van der Waals surface area contributed by atoms with Crippen LogP contribution in [0.1, 0.15) is 38.2 Å². The lowest BCUT2D eigenvalue weighted by molar-refractivity contribution is -0.125. The molecule has 2 saturated heterocycles. The molecule has 2 aromatic carbocycles. The van der Waals surface area contributed by atoms with Gasteiger partial charge in [0.15, 0.2) is 4.34 Å². The molecule has 2 N–H and O–H groups in total. The first-order chi connectivity index (χ1) is 18.4. The van der Waals surface area contributed by atoms with Gasteiger partial charge in [-0.3, -0.25) is 14.0 Å². The van der Waals surface area contributed by atoms with E-state index in [9.17, 15) is 4.79 Å². The monoisotopic (exact) mass is 589 g/mol. The lowest BCUT2D eigenvalue weighted by atomic mass is 10.0. The van der Waals surface area contributed by atoms with Crippen LogP contribution in [0.4, 0.5) is 5.69 Å². The van der Waals surface area contributed by atoms with Crippen molar-refractivity contribution < 1.29 is 4.79 Å². The van der Waals surface area contributed by atoms with Crippen LogP contribution in [-0.4, -0.2) is 58.4 Å². The summed E-state index contributed by atoms with van der Waals surface area (Å²) in [6.45, 7) is 6.38. The highest BCUT2D eigenvalue weighted by Gasteiger charge is 2.28. The number of nitrogens with one attached hydrogen (secondary N) is 2. The minimum atomic E-state index is 0.0707. The molecule has 1 atom stereocenters. The largest absolute Gasteiger partial charge is 0.383 e. The van der Waals surface area contributed by atoms with Gasteiger partial charge in [-0.1, -0.05) is 41.4 Å². The highest BCUT2D eigenvalue weighted by atomic mass is 35.5. The van der Waals surface area contributed by atoms with Crippen LogP contribution in [0.15, 0.2) is 52.2 Å². The van der Waals surface area contributed by atoms with E-state index in [0.717, 1.165) is 72.4 Å². The number of carbonyl (C=O) groups is 1. The maximum atomic E-state index is 12.6. The summed E-state index contributed by atoms with van der Waals surface area (Å²) in [5.41, 5.74) is 4.29. The summed E-state index contributed by atoms with van der Waals surface area (Å²) in [7, 11) is 0. The van der Waals surface area contributed by atoms with Gasteiger partial charge in [0.25, 0.3) is 0 Å². The molecule has 0 saturated carbocycles. The van der Waals surface area contributed by atoms with Crippen molar-refractivity contribution in [3.05, 3.63) is 63.5 Å². The van der Waals surface area contributed by atoms with Gasteiger partial charge in [-0.25, -0.2) is 4.98 Å². The molecule has 202 valence electrons. The van der Waals surface area contributed by atoms with Crippen LogP contribution in [0.3, 0.4) is 0 Å². The maximum absolute atomic E-state index is 12.6. The van der Waals surface area contributed by atoms with E-state index >= 15 is 0 Å². The lowest BCUT2D eigenvalue weighted by Gasteiger charge is -2.37. The van der Waals surface area contributed by atoms with Crippen LogP contribution in [0, 0.1) is 0 Å². The molecular formula is C28H33Cl2N5OS2. The van der Waals surface area contributed by atoms with Crippen molar-refractivity contribution in [3.8, 4) is 11.3 Å². The first kappa shape index (κ1) is 27.7. The number of nitrogens with zero attached hydrogens (tertiary/aromatic N) is 3. The third-order valence-electron chi connectivity index (χ3n) is 7.12. The number of anilines is 1. The van der Waals surface area contributed by atoms with Gasteiger partial charge < -0.3 is 10.6 Å². The first-order valence-electron chi connectivity index (χ1n) is 13.1. The SMILES string of the molecule is CC(=O)N(Sc1nc(-c2cccc(NC[C@@H]3CCCN3)c2)cs1)C1CCN(Cc2ccc(Cl)c(Cl)c2)CC1. The van der Waals surface area contributed by atoms with Gasteiger partial charge >= 0.3 is 0 Å². The van der Waals surface area contributed by atoms with Crippen LogP contribution in [0.5, 0.6) is 0 Å². The molecule has 0 radical (unpaired) electrons. The summed E-state index contributed by atoms with van der Waals surface area (Å²) in [6, 6.07) is 15.0. The van der Waals surface area contributed by atoms with Gasteiger partial charge in [0, 0.05) is 73.8 Å². The zero-order chi connectivity index (χ0) is 26.5. The van der Waals surface area contributed by atoms with Gasteiger partial charge in [0.2, 0.25) is 5.91 Å². The van der Waals surface area contributed by atoms with Crippen molar-refractivity contribution in [1.82, 2.24) is 19.5 Å². The smallest absolute Gasteiger partial charge is 0.229 e. The van der Waals surface area contributed by atoms with Crippen molar-refractivity contribution in [3.63, 3.8) is 0 Å². The first-order valence-corrected chi connectivity index (χ1v) is 15.5. The number of carbonyl (C=O) groups excluding carboxylic acids is 1. The van der Waals surface area contributed by atoms with Crippen molar-refractivity contribution in [2.24, 2.45) is 0 Å². The Kier molecular flexibility index (Phi) is 9.51. The molecule has 2 aliphatic heterocycles. The minimum Gasteiger partial charge on any atom is -0.383 e. The maximum Gasteiger partial charge on any atom is 0.229 e. The Morgan fingerprint density at radius 2 is 2.03 bits per heavy atom. The second kappa shape index (κ2) is 13.0. The van der Waals surface area contributed by atoms with E-state index in [1.54, 1.807) is 18.3 Å². The Bertz CT molecular complexity index is 1240. The van der Waals surface area contributed by atoms with Gasteiger partial charge in [-0.05, 0) is 62.1 Å². The average molecular weight is 591 g/mol. The molecular weight excluding hydrogens is 557 g/mol. The van der Waals surface area contributed by atoms with Crippen molar-refractivity contribution in [2.45, 2.75) is 55.6 Å². The van der Waals surface area contributed by atoms with Crippen molar-refractivity contribution >= 4 is 58.1 Å². The number of halogens is 2. The van der Waals surface area contributed by atoms with Crippen molar-refractivity contribution in [1.29, 1.82) is 0 Å². The fourth-order valence-corrected chi connectivity index (χ4v) is 7.31. The molecule has 1 amide bonds. The molecule has 1 aromatic heterocycles. The third-order valence-corrected chi connectivity index (χ3v) is 10.0. The molecule has 0 unspecified atom stereocenters. The Morgan fingerprint density at radius 1 is 1.18 bits per heavy atom. The van der Waals surface area contributed by atoms with Crippen LogP contribution >= 0.6 is 46.5 Å². The highest BCUT2D eigenvalue weighted by molar-refractivity contribution is 7.99. The van der Waals surface area contributed by atoms with Crippen LogP contribution in [0.25, 0.3) is 11.3 Å². The third kappa shape index (κ3) is 7.23. The van der Waals surface area contributed by atoms with E-state index in [2.05, 4.69) is 45.2 Å². The normalized spacial score (nSPS) is 18.6.